The molecule has 1 aliphatic heterocycles. The molecule has 1 unspecified atom stereocenters. The van der Waals surface area contributed by atoms with Gasteiger partial charge in [-0.25, -0.2) is 9.18 Å². The largest absolute Gasteiger partial charge is 0.489 e. The van der Waals surface area contributed by atoms with Crippen LogP contribution in [0.4, 0.5) is 4.39 Å². The average molecular weight is 543 g/mol. The Balaban J connectivity index is 1.28. The van der Waals surface area contributed by atoms with E-state index in [-0.39, 0.29) is 29.6 Å². The summed E-state index contributed by atoms with van der Waals surface area (Å²) >= 11 is 0. The molecule has 5 aromatic rings. The number of esters is 1. The molecule has 0 aliphatic carbocycles. The Hall–Kier alpha value is -5.61. The third-order valence-electron chi connectivity index (χ3n) is 6.92. The summed E-state index contributed by atoms with van der Waals surface area (Å²) in [4.78, 5) is 13.1. The number of halogens is 1. The van der Waals surface area contributed by atoms with Crippen LogP contribution in [0.2, 0.25) is 0 Å². The van der Waals surface area contributed by atoms with E-state index in [9.17, 15) is 14.4 Å². The van der Waals surface area contributed by atoms with Gasteiger partial charge in [0.05, 0.1) is 11.5 Å². The molecule has 0 amide bonds. The summed E-state index contributed by atoms with van der Waals surface area (Å²) < 4.78 is 30.7. The fourth-order valence-corrected chi connectivity index (χ4v) is 4.94. The number of benzene rings is 5. The molecule has 0 bridgehead atoms. The van der Waals surface area contributed by atoms with Crippen molar-refractivity contribution in [2.45, 2.75) is 12.5 Å². The molecule has 0 saturated carbocycles. The van der Waals surface area contributed by atoms with E-state index in [1.807, 2.05) is 60.7 Å². The summed E-state index contributed by atoms with van der Waals surface area (Å²) in [6, 6.07) is 33.7. The number of nitrogens with two attached hydrogens (primary N) is 1. The van der Waals surface area contributed by atoms with Gasteiger partial charge in [0, 0.05) is 11.6 Å². The zero-order valence-corrected chi connectivity index (χ0v) is 21.7. The number of carbonyl (C=O) groups excluding carboxylic acids is 1. The Kier molecular flexibility index (Phi) is 6.80. The molecule has 1 heterocycles. The van der Waals surface area contributed by atoms with Crippen molar-refractivity contribution in [1.82, 2.24) is 0 Å². The molecule has 0 fully saturated rings. The van der Waals surface area contributed by atoms with Gasteiger partial charge in [-0.3, -0.25) is 0 Å². The molecule has 6 rings (SSSR count). The molecule has 5 aromatic carbocycles. The monoisotopic (exact) mass is 542 g/mol. The second-order valence-electron chi connectivity index (χ2n) is 9.53. The Morgan fingerprint density at radius 3 is 2.51 bits per heavy atom. The summed E-state index contributed by atoms with van der Waals surface area (Å²) in [7, 11) is 0. The lowest BCUT2D eigenvalue weighted by molar-refractivity contribution is 0.0736. The van der Waals surface area contributed by atoms with Crippen LogP contribution >= 0.6 is 0 Å². The van der Waals surface area contributed by atoms with Gasteiger partial charge in [-0.15, -0.1) is 0 Å². The molecule has 2 N–H and O–H groups in total. The van der Waals surface area contributed by atoms with Gasteiger partial charge < -0.3 is 19.9 Å². The molecule has 200 valence electrons. The number of rotatable bonds is 6. The van der Waals surface area contributed by atoms with E-state index in [0.717, 1.165) is 21.9 Å². The zero-order valence-electron chi connectivity index (χ0n) is 21.7. The predicted octanol–water partition coefficient (Wildman–Crippen LogP) is 7.00. The van der Waals surface area contributed by atoms with Crippen molar-refractivity contribution in [2.24, 2.45) is 5.73 Å². The fourth-order valence-electron chi connectivity index (χ4n) is 4.94. The number of nitriles is 1. The zero-order chi connectivity index (χ0) is 28.3. The first-order chi connectivity index (χ1) is 20.0. The van der Waals surface area contributed by atoms with Crippen molar-refractivity contribution in [1.29, 1.82) is 5.26 Å². The number of ether oxygens (including phenoxy) is 3. The van der Waals surface area contributed by atoms with Crippen molar-refractivity contribution < 1.29 is 23.4 Å². The maximum Gasteiger partial charge on any atom is 0.344 e. The van der Waals surface area contributed by atoms with E-state index >= 15 is 0 Å². The lowest BCUT2D eigenvalue weighted by atomic mass is 9.83. The molecule has 0 radical (unpaired) electrons. The summed E-state index contributed by atoms with van der Waals surface area (Å²) in [5.74, 6) is -0.120. The van der Waals surface area contributed by atoms with Crippen molar-refractivity contribution in [3.8, 4) is 23.3 Å². The van der Waals surface area contributed by atoms with E-state index in [0.29, 0.717) is 22.6 Å². The van der Waals surface area contributed by atoms with Gasteiger partial charge in [-0.1, -0.05) is 66.7 Å². The van der Waals surface area contributed by atoms with Crippen molar-refractivity contribution in [3.05, 3.63) is 149 Å². The Morgan fingerprint density at radius 1 is 0.902 bits per heavy atom. The number of nitrogens with zero attached hydrogens (tertiary/aromatic N) is 1. The molecule has 1 aliphatic rings. The van der Waals surface area contributed by atoms with Crippen LogP contribution < -0.4 is 19.9 Å². The van der Waals surface area contributed by atoms with E-state index in [1.165, 1.54) is 12.1 Å². The van der Waals surface area contributed by atoms with E-state index in [1.54, 1.807) is 36.4 Å². The van der Waals surface area contributed by atoms with Gasteiger partial charge in [0.2, 0.25) is 5.88 Å². The molecular formula is C34H23FN2O4. The Morgan fingerprint density at radius 2 is 1.68 bits per heavy atom. The molecule has 41 heavy (non-hydrogen) atoms. The first-order valence-electron chi connectivity index (χ1n) is 12.9. The molecule has 0 spiro atoms. The van der Waals surface area contributed by atoms with Crippen molar-refractivity contribution >= 4 is 16.7 Å². The van der Waals surface area contributed by atoms with Crippen LogP contribution in [0.5, 0.6) is 17.2 Å². The number of allylic oxidation sites excluding steroid dienone is 1. The first kappa shape index (κ1) is 25.7. The van der Waals surface area contributed by atoms with Gasteiger partial charge >= 0.3 is 5.97 Å². The maximum atomic E-state index is 13.2. The van der Waals surface area contributed by atoms with Crippen LogP contribution in [0.3, 0.4) is 0 Å². The number of hydrogen-bond acceptors (Lipinski definition) is 6. The van der Waals surface area contributed by atoms with Crippen LogP contribution in [0.1, 0.15) is 33.0 Å². The average Bonchev–Trinajstić information content (AvgIpc) is 3.00. The number of carbonyl (C=O) groups is 1. The Labute approximate surface area is 235 Å². The third kappa shape index (κ3) is 5.19. The SMILES string of the molecule is N#CC1=C(N)Oc2cc(OC(=O)c3cccc4ccccc34)ccc2C1c1cccc(OCc2ccc(F)cc2)c1. The summed E-state index contributed by atoms with van der Waals surface area (Å²) in [5.41, 5.74) is 9.17. The van der Waals surface area contributed by atoms with E-state index in [4.69, 9.17) is 19.9 Å². The van der Waals surface area contributed by atoms with Crippen molar-refractivity contribution in [3.63, 3.8) is 0 Å². The highest BCUT2D eigenvalue weighted by molar-refractivity contribution is 6.05. The predicted molar refractivity (Wildman–Crippen MR) is 152 cm³/mol. The maximum absolute atomic E-state index is 13.2. The highest BCUT2D eigenvalue weighted by atomic mass is 19.1. The van der Waals surface area contributed by atoms with Crippen molar-refractivity contribution in [2.75, 3.05) is 0 Å². The minimum atomic E-state index is -0.527. The van der Waals surface area contributed by atoms with Crippen LogP contribution in [0, 0.1) is 17.1 Å². The molecule has 7 heteroatoms. The lowest BCUT2D eigenvalue weighted by Crippen LogP contribution is -2.21. The molecular weight excluding hydrogens is 519 g/mol. The summed E-state index contributed by atoms with van der Waals surface area (Å²) in [6.45, 7) is 0.253. The highest BCUT2D eigenvalue weighted by Crippen LogP contribution is 2.44. The van der Waals surface area contributed by atoms with Gasteiger partial charge in [0.25, 0.3) is 0 Å². The van der Waals surface area contributed by atoms with Crippen LogP contribution in [-0.4, -0.2) is 5.97 Å². The van der Waals surface area contributed by atoms with Gasteiger partial charge in [0.1, 0.15) is 41.3 Å². The van der Waals surface area contributed by atoms with Crippen LogP contribution in [0.25, 0.3) is 10.8 Å². The lowest BCUT2D eigenvalue weighted by Gasteiger charge is -2.27. The quantitative estimate of drug-likeness (QED) is 0.183. The summed E-state index contributed by atoms with van der Waals surface area (Å²) in [5, 5.41) is 11.7. The van der Waals surface area contributed by atoms with Gasteiger partial charge in [-0.05, 0) is 58.3 Å². The van der Waals surface area contributed by atoms with Crippen LogP contribution in [0.15, 0.2) is 121 Å². The second-order valence-corrected chi connectivity index (χ2v) is 9.53. The topological polar surface area (TPSA) is 94.6 Å². The van der Waals surface area contributed by atoms with E-state index in [2.05, 4.69) is 6.07 Å². The minimum absolute atomic E-state index is 0.0276. The molecule has 6 nitrogen and oxygen atoms in total. The van der Waals surface area contributed by atoms with Crippen LogP contribution in [-0.2, 0) is 6.61 Å². The highest BCUT2D eigenvalue weighted by Gasteiger charge is 2.31. The second kappa shape index (κ2) is 10.9. The number of hydrogen-bond donors (Lipinski definition) is 1. The first-order valence-corrected chi connectivity index (χ1v) is 12.9. The Bertz CT molecular complexity index is 1850. The van der Waals surface area contributed by atoms with Gasteiger partial charge in [0.15, 0.2) is 0 Å². The van der Waals surface area contributed by atoms with E-state index < -0.39 is 11.9 Å². The normalized spacial score (nSPS) is 14.1. The smallest absolute Gasteiger partial charge is 0.344 e. The van der Waals surface area contributed by atoms with Gasteiger partial charge in [-0.2, -0.15) is 5.26 Å². The standard InChI is InChI=1S/C34H23FN2O4/c35-24-13-11-21(12-14-24)20-39-25-8-3-7-23(17-25)32-29-16-15-26(18-31(29)41-33(37)30(32)19-36)40-34(38)28-10-4-6-22-5-1-2-9-27(22)28/h1-18,32H,20,37H2. The molecule has 0 aromatic heterocycles. The molecule has 1 atom stereocenters. The number of fused-ring (bicyclic) bond motifs is 2. The fraction of sp³-hybridized carbons (Fsp3) is 0.0588. The minimum Gasteiger partial charge on any atom is -0.489 e. The molecule has 0 saturated heterocycles. The third-order valence-corrected chi connectivity index (χ3v) is 6.92. The summed E-state index contributed by atoms with van der Waals surface area (Å²) in [6.07, 6.45) is 0.